The molecule has 6 heteroatoms. The molecule has 2 atom stereocenters. The Hall–Kier alpha value is -1.14. The summed E-state index contributed by atoms with van der Waals surface area (Å²) >= 11 is 0. The minimum atomic E-state index is -0.662. The van der Waals surface area contributed by atoms with Crippen molar-refractivity contribution in [3.63, 3.8) is 0 Å². The fourth-order valence-electron chi connectivity index (χ4n) is 9.94. The summed E-state index contributed by atoms with van der Waals surface area (Å²) in [5.41, 5.74) is 0. The molecule has 0 aromatic heterocycles. The van der Waals surface area contributed by atoms with Crippen molar-refractivity contribution in [3.05, 3.63) is 0 Å². The van der Waals surface area contributed by atoms with Crippen molar-refractivity contribution < 1.29 is 24.5 Å². The van der Waals surface area contributed by atoms with Gasteiger partial charge in [0.05, 0.1) is 25.4 Å². The smallest absolute Gasteiger partial charge is 0.305 e. The average molecular weight is 949 g/mol. The number of aliphatic hydroxyl groups excluding tert-OH is 2. The normalized spacial score (nSPS) is 12.5. The van der Waals surface area contributed by atoms with E-state index in [1.165, 1.54) is 283 Å². The molecule has 0 aliphatic heterocycles. The van der Waals surface area contributed by atoms with E-state index in [0.29, 0.717) is 25.9 Å². The number of rotatable bonds is 58. The van der Waals surface area contributed by atoms with Crippen molar-refractivity contribution in [1.29, 1.82) is 0 Å². The lowest BCUT2D eigenvalue weighted by Crippen LogP contribution is -2.45. The third-order valence-corrected chi connectivity index (χ3v) is 14.7. The number of hydrogen-bond donors (Lipinski definition) is 3. The van der Waals surface area contributed by atoms with Gasteiger partial charge in [-0.25, -0.2) is 0 Å². The van der Waals surface area contributed by atoms with Crippen LogP contribution in [0.1, 0.15) is 354 Å². The third-order valence-electron chi connectivity index (χ3n) is 14.7. The lowest BCUT2D eigenvalue weighted by atomic mass is 10.0. The van der Waals surface area contributed by atoms with Crippen molar-refractivity contribution in [2.75, 3.05) is 13.2 Å². The zero-order chi connectivity index (χ0) is 48.6. The summed E-state index contributed by atoms with van der Waals surface area (Å²) in [5.74, 6) is -0.0149. The summed E-state index contributed by atoms with van der Waals surface area (Å²) in [6.45, 7) is 4.98. The molecule has 1 amide bonds. The predicted octanol–water partition coefficient (Wildman–Crippen LogP) is 19.1. The Morgan fingerprint density at radius 1 is 0.358 bits per heavy atom. The molecule has 0 fully saturated rings. The molecule has 400 valence electrons. The van der Waals surface area contributed by atoms with Gasteiger partial charge in [0, 0.05) is 12.8 Å². The third kappa shape index (κ3) is 54.0. The average Bonchev–Trinajstić information content (AvgIpc) is 3.33. The molecule has 3 N–H and O–H groups in total. The van der Waals surface area contributed by atoms with Gasteiger partial charge in [0.2, 0.25) is 5.91 Å². The summed E-state index contributed by atoms with van der Waals surface area (Å²) in [5, 5.41) is 23.3. The van der Waals surface area contributed by atoms with Crippen molar-refractivity contribution in [2.24, 2.45) is 0 Å². The molecule has 67 heavy (non-hydrogen) atoms. The van der Waals surface area contributed by atoms with Crippen molar-refractivity contribution >= 4 is 11.9 Å². The summed E-state index contributed by atoms with van der Waals surface area (Å²) in [7, 11) is 0. The molecule has 0 aromatic rings. The molecule has 0 aromatic carbocycles. The lowest BCUT2D eigenvalue weighted by molar-refractivity contribution is -0.143. The van der Waals surface area contributed by atoms with Gasteiger partial charge in [-0.2, -0.15) is 0 Å². The standard InChI is InChI=1S/C61H121NO5/c1-3-5-7-9-11-13-15-17-30-33-37-41-45-49-53-59(64)58(57-63)62-60(65)54-50-46-42-38-34-31-27-25-23-21-19-18-20-22-24-26-28-32-36-40-44-48-52-56-67-61(66)55-51-47-43-39-35-29-16-14-12-10-8-6-4-2/h58-59,63-64H,3-57H2,1-2H3,(H,62,65). The molecule has 0 aliphatic rings. The largest absolute Gasteiger partial charge is 0.466 e. The Bertz CT molecular complexity index is 959. The van der Waals surface area contributed by atoms with Crippen LogP contribution in [0, 0.1) is 0 Å². The second-order valence-corrected chi connectivity index (χ2v) is 21.4. The molecule has 2 unspecified atom stereocenters. The number of carbonyl (C=O) groups excluding carboxylic acids is 2. The highest BCUT2D eigenvalue weighted by atomic mass is 16.5. The van der Waals surface area contributed by atoms with Crippen LogP contribution in [-0.4, -0.2) is 47.4 Å². The van der Waals surface area contributed by atoms with Crippen LogP contribution in [0.25, 0.3) is 0 Å². The molecule has 0 bridgehead atoms. The van der Waals surface area contributed by atoms with Crippen LogP contribution in [0.2, 0.25) is 0 Å². The van der Waals surface area contributed by atoms with Gasteiger partial charge in [0.1, 0.15) is 0 Å². The number of ether oxygens (including phenoxy) is 1. The molecule has 0 saturated carbocycles. The quantitative estimate of drug-likeness (QED) is 0.0417. The number of hydrogen-bond acceptors (Lipinski definition) is 5. The summed E-state index contributed by atoms with van der Waals surface area (Å²) in [4.78, 5) is 24.5. The van der Waals surface area contributed by atoms with E-state index in [-0.39, 0.29) is 18.5 Å². The highest BCUT2D eigenvalue weighted by molar-refractivity contribution is 5.76. The topological polar surface area (TPSA) is 95.9 Å². The fourth-order valence-corrected chi connectivity index (χ4v) is 9.94. The van der Waals surface area contributed by atoms with Crippen LogP contribution >= 0.6 is 0 Å². The Labute approximate surface area is 419 Å². The number of unbranched alkanes of at least 4 members (excludes halogenated alkanes) is 47. The molecule has 0 saturated heterocycles. The summed E-state index contributed by atoms with van der Waals surface area (Å²) in [6.07, 6.45) is 66.8. The maximum atomic E-state index is 12.5. The van der Waals surface area contributed by atoms with Gasteiger partial charge in [-0.05, 0) is 25.7 Å². The van der Waals surface area contributed by atoms with Crippen molar-refractivity contribution in [2.45, 2.75) is 366 Å². The number of amides is 1. The highest BCUT2D eigenvalue weighted by Crippen LogP contribution is 2.18. The van der Waals surface area contributed by atoms with Crippen molar-refractivity contribution in [1.82, 2.24) is 5.32 Å². The van der Waals surface area contributed by atoms with Crippen LogP contribution < -0.4 is 5.32 Å². The number of esters is 1. The number of aliphatic hydroxyl groups is 2. The SMILES string of the molecule is CCCCCCCCCCCCCCCCC(O)C(CO)NC(=O)CCCCCCCCCCCCCCCCCCCCCCCCCOC(=O)CCCCCCCCCCCCCCC. The zero-order valence-electron chi connectivity index (χ0n) is 45.7. The maximum absolute atomic E-state index is 12.5. The van der Waals surface area contributed by atoms with E-state index in [1.807, 2.05) is 0 Å². The van der Waals surface area contributed by atoms with E-state index < -0.39 is 12.1 Å². The molecule has 0 aliphatic carbocycles. The second kappa shape index (κ2) is 57.4. The number of nitrogens with one attached hydrogen (secondary N) is 1. The molecule has 0 heterocycles. The Kier molecular flexibility index (Phi) is 56.5. The fraction of sp³-hybridized carbons (Fsp3) is 0.967. The van der Waals surface area contributed by atoms with Gasteiger partial charge in [0.15, 0.2) is 0 Å². The van der Waals surface area contributed by atoms with Crippen LogP contribution in [0.5, 0.6) is 0 Å². The van der Waals surface area contributed by atoms with Gasteiger partial charge < -0.3 is 20.3 Å². The molecule has 0 rings (SSSR count). The summed E-state index contributed by atoms with van der Waals surface area (Å²) < 4.78 is 5.48. The Morgan fingerprint density at radius 3 is 0.910 bits per heavy atom. The van der Waals surface area contributed by atoms with Gasteiger partial charge in [-0.15, -0.1) is 0 Å². The molecular weight excluding hydrogens is 827 g/mol. The molecule has 0 spiro atoms. The van der Waals surface area contributed by atoms with Crippen LogP contribution in [0.15, 0.2) is 0 Å². The van der Waals surface area contributed by atoms with Gasteiger partial charge in [0.25, 0.3) is 0 Å². The highest BCUT2D eigenvalue weighted by Gasteiger charge is 2.20. The van der Waals surface area contributed by atoms with E-state index in [0.717, 1.165) is 38.5 Å². The first kappa shape index (κ1) is 65.9. The monoisotopic (exact) mass is 948 g/mol. The molecule has 0 radical (unpaired) electrons. The minimum Gasteiger partial charge on any atom is -0.466 e. The molecule has 6 nitrogen and oxygen atoms in total. The van der Waals surface area contributed by atoms with Gasteiger partial charge in [-0.1, -0.05) is 316 Å². The van der Waals surface area contributed by atoms with Crippen LogP contribution in [0.3, 0.4) is 0 Å². The number of carbonyl (C=O) groups is 2. The Morgan fingerprint density at radius 2 is 0.612 bits per heavy atom. The predicted molar refractivity (Wildman–Crippen MR) is 292 cm³/mol. The first-order chi connectivity index (χ1) is 33.0. The second-order valence-electron chi connectivity index (χ2n) is 21.4. The van der Waals surface area contributed by atoms with Crippen LogP contribution in [-0.2, 0) is 14.3 Å². The molecular formula is C61H121NO5. The lowest BCUT2D eigenvalue weighted by Gasteiger charge is -2.22. The van der Waals surface area contributed by atoms with Crippen LogP contribution in [0.4, 0.5) is 0 Å². The van der Waals surface area contributed by atoms with E-state index in [1.54, 1.807) is 0 Å². The van der Waals surface area contributed by atoms with E-state index in [9.17, 15) is 19.8 Å². The first-order valence-corrected chi connectivity index (χ1v) is 30.8. The van der Waals surface area contributed by atoms with E-state index in [2.05, 4.69) is 19.2 Å². The van der Waals surface area contributed by atoms with Gasteiger partial charge in [-0.3, -0.25) is 9.59 Å². The van der Waals surface area contributed by atoms with Gasteiger partial charge >= 0.3 is 5.97 Å². The Balaban J connectivity index is 3.35. The first-order valence-electron chi connectivity index (χ1n) is 30.8. The zero-order valence-corrected chi connectivity index (χ0v) is 45.7. The van der Waals surface area contributed by atoms with E-state index >= 15 is 0 Å². The maximum Gasteiger partial charge on any atom is 0.305 e. The van der Waals surface area contributed by atoms with E-state index in [4.69, 9.17) is 4.74 Å². The summed E-state index contributed by atoms with van der Waals surface area (Å²) in [6, 6.07) is -0.539. The minimum absolute atomic E-state index is 0.0169. The van der Waals surface area contributed by atoms with Crippen molar-refractivity contribution in [3.8, 4) is 0 Å².